The minimum Gasteiger partial charge on any atom is -0.493 e. The van der Waals surface area contributed by atoms with Crippen molar-refractivity contribution in [1.29, 1.82) is 5.26 Å². The summed E-state index contributed by atoms with van der Waals surface area (Å²) in [7, 11) is 4.79. The molecule has 1 atom stereocenters. The smallest absolute Gasteiger partial charge is 0.161 e. The van der Waals surface area contributed by atoms with E-state index in [1.165, 1.54) is 0 Å². The van der Waals surface area contributed by atoms with E-state index in [0.29, 0.717) is 23.0 Å². The highest BCUT2D eigenvalue weighted by atomic mass is 19.1. The van der Waals surface area contributed by atoms with E-state index in [0.717, 1.165) is 43.5 Å². The lowest BCUT2D eigenvalue weighted by molar-refractivity contribution is 0.260. The third-order valence-electron chi connectivity index (χ3n) is 6.16. The van der Waals surface area contributed by atoms with Gasteiger partial charge in [0.25, 0.3) is 0 Å². The molecule has 2 aromatic rings. The van der Waals surface area contributed by atoms with E-state index in [-0.39, 0.29) is 12.5 Å². The van der Waals surface area contributed by atoms with E-state index in [1.807, 2.05) is 36.4 Å². The lowest BCUT2D eigenvalue weighted by atomic mass is 9.70. The monoisotopic (exact) mass is 472 g/mol. The van der Waals surface area contributed by atoms with Crippen LogP contribution >= 0.6 is 0 Å². The molecular formula is C27H37FN2O4. The SMILES string of the molecule is COc1ccc([C@](C#N)(CCCNCCc2ccc(OCCF)c(OC)c2)C(C)C)cc1OC. The first-order valence-corrected chi connectivity index (χ1v) is 11.7. The summed E-state index contributed by atoms with van der Waals surface area (Å²) in [5.74, 6) is 2.59. The molecule has 2 aromatic carbocycles. The number of methoxy groups -OCH3 is 3. The zero-order valence-electron chi connectivity index (χ0n) is 20.9. The summed E-state index contributed by atoms with van der Waals surface area (Å²) in [6.45, 7) is 5.25. The molecule has 0 aliphatic rings. The second-order valence-electron chi connectivity index (χ2n) is 8.43. The minimum absolute atomic E-state index is 0.0150. The number of alkyl halides is 1. The van der Waals surface area contributed by atoms with Crippen LogP contribution in [0.25, 0.3) is 0 Å². The topological polar surface area (TPSA) is 72.7 Å². The third kappa shape index (κ3) is 6.77. The van der Waals surface area contributed by atoms with E-state index in [2.05, 4.69) is 25.2 Å². The first-order chi connectivity index (χ1) is 16.4. The molecule has 0 unspecified atom stereocenters. The molecule has 0 saturated heterocycles. The summed E-state index contributed by atoms with van der Waals surface area (Å²) >= 11 is 0. The van der Waals surface area contributed by atoms with Crippen LogP contribution in [0, 0.1) is 17.2 Å². The van der Waals surface area contributed by atoms with Crippen molar-refractivity contribution >= 4 is 0 Å². The predicted molar refractivity (Wildman–Crippen MR) is 132 cm³/mol. The van der Waals surface area contributed by atoms with Gasteiger partial charge in [0.2, 0.25) is 0 Å². The Morgan fingerprint density at radius 1 is 0.941 bits per heavy atom. The Hall–Kier alpha value is -2.98. The van der Waals surface area contributed by atoms with Crippen molar-refractivity contribution in [2.75, 3.05) is 47.7 Å². The summed E-state index contributed by atoms with van der Waals surface area (Å²) < 4.78 is 33.9. The van der Waals surface area contributed by atoms with Crippen LogP contribution in [0.15, 0.2) is 36.4 Å². The predicted octanol–water partition coefficient (Wildman–Crippen LogP) is 5.09. The van der Waals surface area contributed by atoms with Gasteiger partial charge in [0.05, 0.1) is 32.8 Å². The Morgan fingerprint density at radius 3 is 2.24 bits per heavy atom. The second kappa shape index (κ2) is 13.7. The molecule has 186 valence electrons. The van der Waals surface area contributed by atoms with Gasteiger partial charge in [0, 0.05) is 0 Å². The minimum atomic E-state index is -0.607. The Kier molecular flexibility index (Phi) is 11.0. The number of benzene rings is 2. The molecule has 6 nitrogen and oxygen atoms in total. The molecule has 0 aliphatic heterocycles. The zero-order chi connectivity index (χ0) is 25.0. The maximum Gasteiger partial charge on any atom is 0.161 e. The largest absolute Gasteiger partial charge is 0.493 e. The lowest BCUT2D eigenvalue weighted by Crippen LogP contribution is -2.32. The maximum atomic E-state index is 12.4. The van der Waals surface area contributed by atoms with Crippen molar-refractivity contribution in [3.8, 4) is 29.1 Å². The lowest BCUT2D eigenvalue weighted by Gasteiger charge is -2.32. The quantitative estimate of drug-likeness (QED) is 0.364. The molecule has 0 amide bonds. The second-order valence-corrected chi connectivity index (χ2v) is 8.43. The van der Waals surface area contributed by atoms with Gasteiger partial charge in [-0.2, -0.15) is 5.26 Å². The maximum absolute atomic E-state index is 12.4. The average molecular weight is 473 g/mol. The Labute approximate surface area is 203 Å². The molecule has 0 saturated carbocycles. The molecule has 0 fully saturated rings. The molecule has 1 N–H and O–H groups in total. The van der Waals surface area contributed by atoms with Gasteiger partial charge in [-0.3, -0.25) is 0 Å². The van der Waals surface area contributed by atoms with E-state index >= 15 is 0 Å². The number of rotatable bonds is 15. The molecule has 2 rings (SSSR count). The first kappa shape index (κ1) is 27.3. The standard InChI is InChI=1S/C27H37FN2O4/c1-20(2)27(19-29,22-8-10-23(31-3)26(18-22)33-5)12-6-14-30-15-11-21-7-9-24(34-16-13-28)25(17-21)32-4/h7-10,17-18,20,30H,6,11-16H2,1-5H3/t27-/m0/s1. The van der Waals surface area contributed by atoms with Crippen molar-refractivity contribution in [3.05, 3.63) is 47.5 Å². The van der Waals surface area contributed by atoms with Gasteiger partial charge in [-0.05, 0) is 73.7 Å². The van der Waals surface area contributed by atoms with Crippen LogP contribution in [0.2, 0.25) is 0 Å². The molecule has 0 radical (unpaired) electrons. The number of hydrogen-bond acceptors (Lipinski definition) is 6. The molecule has 0 aliphatic carbocycles. The number of nitrogens with one attached hydrogen (secondary N) is 1. The average Bonchev–Trinajstić information content (AvgIpc) is 2.86. The molecule has 0 aromatic heterocycles. The van der Waals surface area contributed by atoms with Crippen molar-refractivity contribution in [2.24, 2.45) is 5.92 Å². The highest BCUT2D eigenvalue weighted by Gasteiger charge is 2.36. The van der Waals surface area contributed by atoms with Gasteiger partial charge in [-0.1, -0.05) is 26.0 Å². The zero-order valence-corrected chi connectivity index (χ0v) is 20.9. The first-order valence-electron chi connectivity index (χ1n) is 11.7. The van der Waals surface area contributed by atoms with Crippen LogP contribution in [-0.4, -0.2) is 47.7 Å². The van der Waals surface area contributed by atoms with Gasteiger partial charge in [-0.15, -0.1) is 0 Å². The fourth-order valence-electron chi connectivity index (χ4n) is 4.11. The van der Waals surface area contributed by atoms with Crippen LogP contribution in [0.1, 0.15) is 37.8 Å². The Morgan fingerprint density at radius 2 is 1.62 bits per heavy atom. The van der Waals surface area contributed by atoms with E-state index in [9.17, 15) is 9.65 Å². The van der Waals surface area contributed by atoms with Gasteiger partial charge in [0.1, 0.15) is 13.3 Å². The van der Waals surface area contributed by atoms with Crippen LogP contribution in [-0.2, 0) is 11.8 Å². The van der Waals surface area contributed by atoms with Gasteiger partial charge in [0.15, 0.2) is 23.0 Å². The fraction of sp³-hybridized carbons (Fsp3) is 0.519. The van der Waals surface area contributed by atoms with Gasteiger partial charge >= 0.3 is 0 Å². The molecular weight excluding hydrogens is 435 g/mol. The summed E-state index contributed by atoms with van der Waals surface area (Å²) in [6.07, 6.45) is 2.42. The van der Waals surface area contributed by atoms with Gasteiger partial charge < -0.3 is 24.3 Å². The van der Waals surface area contributed by atoms with Crippen molar-refractivity contribution in [1.82, 2.24) is 5.32 Å². The molecule has 0 bridgehead atoms. The Bertz CT molecular complexity index is 945. The normalized spacial score (nSPS) is 12.6. The van der Waals surface area contributed by atoms with Crippen molar-refractivity contribution < 1.29 is 23.3 Å². The molecule has 34 heavy (non-hydrogen) atoms. The van der Waals surface area contributed by atoms with Crippen LogP contribution in [0.3, 0.4) is 0 Å². The van der Waals surface area contributed by atoms with Crippen LogP contribution in [0.4, 0.5) is 4.39 Å². The van der Waals surface area contributed by atoms with Crippen LogP contribution < -0.4 is 24.3 Å². The number of nitrogens with zero attached hydrogens (tertiary/aromatic N) is 1. The third-order valence-corrected chi connectivity index (χ3v) is 6.16. The highest BCUT2D eigenvalue weighted by molar-refractivity contribution is 5.47. The summed E-state index contributed by atoms with van der Waals surface area (Å²) in [6, 6.07) is 14.1. The van der Waals surface area contributed by atoms with Gasteiger partial charge in [-0.25, -0.2) is 4.39 Å². The van der Waals surface area contributed by atoms with E-state index in [4.69, 9.17) is 18.9 Å². The fourth-order valence-corrected chi connectivity index (χ4v) is 4.11. The number of hydrogen-bond donors (Lipinski definition) is 1. The van der Waals surface area contributed by atoms with Crippen LogP contribution in [0.5, 0.6) is 23.0 Å². The summed E-state index contributed by atoms with van der Waals surface area (Å²) in [4.78, 5) is 0. The summed E-state index contributed by atoms with van der Waals surface area (Å²) in [5, 5.41) is 13.7. The van der Waals surface area contributed by atoms with E-state index < -0.39 is 12.1 Å². The van der Waals surface area contributed by atoms with Crippen molar-refractivity contribution in [2.45, 2.75) is 38.5 Å². The van der Waals surface area contributed by atoms with Crippen molar-refractivity contribution in [3.63, 3.8) is 0 Å². The van der Waals surface area contributed by atoms with E-state index in [1.54, 1.807) is 21.3 Å². The Balaban J connectivity index is 1.93. The molecule has 0 spiro atoms. The number of nitriles is 1. The molecule has 0 heterocycles. The summed E-state index contributed by atoms with van der Waals surface area (Å²) in [5.41, 5.74) is 1.45. The number of ether oxygens (including phenoxy) is 4. The number of halogens is 1. The highest BCUT2D eigenvalue weighted by Crippen LogP contribution is 2.40. The molecule has 7 heteroatoms.